The highest BCUT2D eigenvalue weighted by atomic mass is 16.2. The van der Waals surface area contributed by atoms with Gasteiger partial charge in [-0.15, -0.1) is 0 Å². The first kappa shape index (κ1) is 11.2. The maximum atomic E-state index is 11.4. The van der Waals surface area contributed by atoms with Crippen LogP contribution in [0.4, 0.5) is 11.5 Å². The van der Waals surface area contributed by atoms with Crippen LogP contribution in [-0.4, -0.2) is 30.5 Å². The summed E-state index contributed by atoms with van der Waals surface area (Å²) in [5.74, 6) is 0.590. The van der Waals surface area contributed by atoms with E-state index in [2.05, 4.69) is 10.3 Å². The van der Waals surface area contributed by atoms with Gasteiger partial charge in [-0.2, -0.15) is 5.26 Å². The average Bonchev–Trinajstić information content (AvgIpc) is 2.54. The molecular weight excluding hydrogens is 218 g/mol. The summed E-state index contributed by atoms with van der Waals surface area (Å²) in [7, 11) is 0. The molecule has 2 heterocycles. The van der Waals surface area contributed by atoms with E-state index < -0.39 is 0 Å². The number of anilines is 2. The Morgan fingerprint density at radius 1 is 1.53 bits per heavy atom. The van der Waals surface area contributed by atoms with Gasteiger partial charge in [0.2, 0.25) is 5.91 Å². The predicted octanol–water partition coefficient (Wildman–Crippen LogP) is -0.138. The third-order valence-corrected chi connectivity index (χ3v) is 2.60. The van der Waals surface area contributed by atoms with Gasteiger partial charge in [-0.05, 0) is 18.6 Å². The van der Waals surface area contributed by atoms with Gasteiger partial charge in [0.1, 0.15) is 11.9 Å². The fraction of sp³-hybridized carbons (Fsp3) is 0.364. The van der Waals surface area contributed by atoms with Gasteiger partial charge in [-0.1, -0.05) is 0 Å². The summed E-state index contributed by atoms with van der Waals surface area (Å²) in [5, 5.41) is 11.6. The molecular formula is C11H13N5O. The lowest BCUT2D eigenvalue weighted by molar-refractivity contribution is -0.119. The molecule has 0 aromatic carbocycles. The van der Waals surface area contributed by atoms with Gasteiger partial charge >= 0.3 is 0 Å². The highest BCUT2D eigenvalue weighted by molar-refractivity contribution is 5.81. The van der Waals surface area contributed by atoms with Gasteiger partial charge in [0.05, 0.1) is 12.2 Å². The number of nitrogens with zero attached hydrogens (tertiary/aromatic N) is 3. The molecule has 0 atom stereocenters. The van der Waals surface area contributed by atoms with Crippen LogP contribution in [0.5, 0.6) is 0 Å². The minimum atomic E-state index is -0.0281. The number of nitriles is 1. The molecule has 0 bridgehead atoms. The first-order valence-corrected chi connectivity index (χ1v) is 5.39. The Kier molecular flexibility index (Phi) is 3.10. The number of carbonyl (C=O) groups is 1. The number of amides is 1. The molecule has 6 heteroatoms. The van der Waals surface area contributed by atoms with Crippen molar-refractivity contribution in [1.29, 1.82) is 5.26 Å². The zero-order chi connectivity index (χ0) is 12.3. The van der Waals surface area contributed by atoms with Crippen molar-refractivity contribution in [3.8, 4) is 6.07 Å². The van der Waals surface area contributed by atoms with Crippen LogP contribution in [0.2, 0.25) is 0 Å². The minimum Gasteiger partial charge on any atom is -0.396 e. The van der Waals surface area contributed by atoms with Gasteiger partial charge in [0.15, 0.2) is 5.69 Å². The number of aromatic nitrogens is 1. The van der Waals surface area contributed by atoms with E-state index in [-0.39, 0.29) is 18.1 Å². The molecule has 3 N–H and O–H groups in total. The minimum absolute atomic E-state index is 0.0281. The SMILES string of the molecule is N#Cc1nc(N2CCCNC(=O)C2)ccc1N. The third kappa shape index (κ3) is 2.45. The largest absolute Gasteiger partial charge is 0.396 e. The van der Waals surface area contributed by atoms with Gasteiger partial charge in [0.25, 0.3) is 0 Å². The smallest absolute Gasteiger partial charge is 0.239 e. The summed E-state index contributed by atoms with van der Waals surface area (Å²) in [5.41, 5.74) is 6.16. The molecule has 1 fully saturated rings. The third-order valence-electron chi connectivity index (χ3n) is 2.60. The average molecular weight is 231 g/mol. The monoisotopic (exact) mass is 231 g/mol. The van der Waals surface area contributed by atoms with Crippen molar-refractivity contribution in [3.05, 3.63) is 17.8 Å². The summed E-state index contributed by atoms with van der Waals surface area (Å²) < 4.78 is 0. The van der Waals surface area contributed by atoms with Crippen molar-refractivity contribution >= 4 is 17.4 Å². The Bertz CT molecular complexity index is 479. The molecule has 1 aromatic rings. The lowest BCUT2D eigenvalue weighted by Crippen LogP contribution is -2.33. The van der Waals surface area contributed by atoms with Crippen LogP contribution in [0.3, 0.4) is 0 Å². The maximum absolute atomic E-state index is 11.4. The van der Waals surface area contributed by atoms with Gasteiger partial charge in [-0.3, -0.25) is 4.79 Å². The number of hydrogen-bond acceptors (Lipinski definition) is 5. The quantitative estimate of drug-likeness (QED) is 0.701. The topological polar surface area (TPSA) is 95.0 Å². The molecule has 1 aromatic heterocycles. The molecule has 17 heavy (non-hydrogen) atoms. The molecule has 2 rings (SSSR count). The van der Waals surface area contributed by atoms with Gasteiger partial charge in [0, 0.05) is 13.1 Å². The van der Waals surface area contributed by atoms with Crippen molar-refractivity contribution in [2.24, 2.45) is 0 Å². The van der Waals surface area contributed by atoms with Crippen molar-refractivity contribution in [2.45, 2.75) is 6.42 Å². The van der Waals surface area contributed by atoms with E-state index in [0.29, 0.717) is 18.1 Å². The van der Waals surface area contributed by atoms with Gasteiger partial charge < -0.3 is 16.0 Å². The van der Waals surface area contributed by atoms with Crippen molar-refractivity contribution in [3.63, 3.8) is 0 Å². The van der Waals surface area contributed by atoms with Crippen molar-refractivity contribution < 1.29 is 4.79 Å². The first-order chi connectivity index (χ1) is 8.20. The molecule has 1 amide bonds. The Balaban J connectivity index is 2.27. The zero-order valence-electron chi connectivity index (χ0n) is 9.31. The molecule has 1 aliphatic heterocycles. The van der Waals surface area contributed by atoms with Crippen LogP contribution in [0, 0.1) is 11.3 Å². The molecule has 0 unspecified atom stereocenters. The van der Waals surface area contributed by atoms with Crippen LogP contribution < -0.4 is 16.0 Å². The first-order valence-electron chi connectivity index (χ1n) is 5.39. The summed E-state index contributed by atoms with van der Waals surface area (Å²) in [4.78, 5) is 17.4. The molecule has 88 valence electrons. The van der Waals surface area contributed by atoms with E-state index in [0.717, 1.165) is 13.0 Å². The van der Waals surface area contributed by atoms with Crippen LogP contribution in [0.15, 0.2) is 12.1 Å². The lowest BCUT2D eigenvalue weighted by Gasteiger charge is -2.20. The van der Waals surface area contributed by atoms with E-state index in [4.69, 9.17) is 11.0 Å². The summed E-state index contributed by atoms with van der Waals surface area (Å²) in [6.07, 6.45) is 0.861. The lowest BCUT2D eigenvalue weighted by atomic mass is 10.3. The second kappa shape index (κ2) is 4.70. The summed E-state index contributed by atoms with van der Waals surface area (Å²) in [6, 6.07) is 5.31. The number of nitrogens with two attached hydrogens (primary N) is 1. The van der Waals surface area contributed by atoms with Crippen LogP contribution in [0.1, 0.15) is 12.1 Å². The predicted molar refractivity (Wildman–Crippen MR) is 63.2 cm³/mol. The Hall–Kier alpha value is -2.29. The van der Waals surface area contributed by atoms with E-state index in [1.165, 1.54) is 0 Å². The number of rotatable bonds is 1. The molecule has 1 aliphatic rings. The highest BCUT2D eigenvalue weighted by Crippen LogP contribution is 2.17. The Labute approximate surface area is 99.0 Å². The Morgan fingerprint density at radius 3 is 3.12 bits per heavy atom. The van der Waals surface area contributed by atoms with Crippen molar-refractivity contribution in [1.82, 2.24) is 10.3 Å². The number of hydrogen-bond donors (Lipinski definition) is 2. The van der Waals surface area contributed by atoms with Crippen LogP contribution in [-0.2, 0) is 4.79 Å². The van der Waals surface area contributed by atoms with Crippen molar-refractivity contribution in [2.75, 3.05) is 30.3 Å². The van der Waals surface area contributed by atoms with E-state index in [1.54, 1.807) is 12.1 Å². The Morgan fingerprint density at radius 2 is 2.35 bits per heavy atom. The standard InChI is InChI=1S/C11H13N5O/c12-6-9-8(13)2-3-10(15-9)16-5-1-4-14-11(17)7-16/h2-3H,1,4-5,7,13H2,(H,14,17). The normalized spacial score (nSPS) is 15.9. The number of pyridine rings is 1. The molecule has 0 radical (unpaired) electrons. The van der Waals surface area contributed by atoms with Crippen LogP contribution in [0.25, 0.3) is 0 Å². The highest BCUT2D eigenvalue weighted by Gasteiger charge is 2.16. The second-order valence-corrected chi connectivity index (χ2v) is 3.84. The molecule has 6 nitrogen and oxygen atoms in total. The fourth-order valence-corrected chi connectivity index (χ4v) is 1.73. The second-order valence-electron chi connectivity index (χ2n) is 3.84. The zero-order valence-corrected chi connectivity index (χ0v) is 9.31. The number of nitrogen functional groups attached to an aromatic ring is 1. The molecule has 0 saturated carbocycles. The van der Waals surface area contributed by atoms with Gasteiger partial charge in [-0.25, -0.2) is 4.98 Å². The van der Waals surface area contributed by atoms with E-state index in [1.807, 2.05) is 11.0 Å². The van der Waals surface area contributed by atoms with Crippen LogP contribution >= 0.6 is 0 Å². The summed E-state index contributed by atoms with van der Waals surface area (Å²) in [6.45, 7) is 1.68. The van der Waals surface area contributed by atoms with E-state index in [9.17, 15) is 4.79 Å². The maximum Gasteiger partial charge on any atom is 0.239 e. The molecule has 1 saturated heterocycles. The number of nitrogens with one attached hydrogen (secondary N) is 1. The fourth-order valence-electron chi connectivity index (χ4n) is 1.73. The molecule has 0 aliphatic carbocycles. The summed E-state index contributed by atoms with van der Waals surface area (Å²) >= 11 is 0. The molecule has 0 spiro atoms. The van der Waals surface area contributed by atoms with E-state index >= 15 is 0 Å². The number of carbonyl (C=O) groups excluding carboxylic acids is 1.